The summed E-state index contributed by atoms with van der Waals surface area (Å²) < 4.78 is 0. The fourth-order valence-electron chi connectivity index (χ4n) is 1.88. The van der Waals surface area contributed by atoms with E-state index in [2.05, 4.69) is 4.98 Å². The van der Waals surface area contributed by atoms with Gasteiger partial charge in [-0.15, -0.1) is 11.6 Å². The third-order valence-corrected chi connectivity index (χ3v) is 2.74. The maximum absolute atomic E-state index is 10.9. The van der Waals surface area contributed by atoms with Crippen LogP contribution in [0.25, 0.3) is 10.8 Å². The number of rotatable bonds is 3. The van der Waals surface area contributed by atoms with E-state index in [-0.39, 0.29) is 11.1 Å². The Labute approximate surface area is 103 Å². The molecule has 0 aliphatic rings. The van der Waals surface area contributed by atoms with Crippen LogP contribution in [0.4, 0.5) is 5.69 Å². The fourth-order valence-corrected chi connectivity index (χ4v) is 2.04. The Morgan fingerprint density at radius 3 is 2.82 bits per heavy atom. The van der Waals surface area contributed by atoms with Gasteiger partial charge in [-0.05, 0) is 30.4 Å². The molecule has 2 rings (SSSR count). The summed E-state index contributed by atoms with van der Waals surface area (Å²) in [6.45, 7) is 1.90. The molecule has 0 spiro atoms. The Bertz CT molecular complexity index is 569. The standard InChI is InChI=1S/C12H11ClN2O2/c1-8(13)6-9-2-3-12(15(16)17)11-7-14-5-4-10(9)11/h2-5,7-8H,6H2,1H3. The molecule has 1 unspecified atom stereocenters. The molecule has 0 saturated carbocycles. The van der Waals surface area contributed by atoms with Crippen LogP contribution in [0.5, 0.6) is 0 Å². The molecule has 0 bridgehead atoms. The van der Waals surface area contributed by atoms with Crippen LogP contribution in [0.1, 0.15) is 12.5 Å². The molecule has 0 fully saturated rings. The first-order valence-electron chi connectivity index (χ1n) is 5.23. The van der Waals surface area contributed by atoms with E-state index >= 15 is 0 Å². The number of nitro groups is 1. The molecule has 0 N–H and O–H groups in total. The summed E-state index contributed by atoms with van der Waals surface area (Å²) in [7, 11) is 0. The molecule has 0 aliphatic heterocycles. The van der Waals surface area contributed by atoms with Crippen molar-refractivity contribution in [2.45, 2.75) is 18.7 Å². The Hall–Kier alpha value is -1.68. The van der Waals surface area contributed by atoms with Crippen LogP contribution in [0, 0.1) is 10.1 Å². The molecule has 1 aromatic heterocycles. The molecule has 1 aromatic carbocycles. The Kier molecular flexibility index (Phi) is 3.24. The number of pyridine rings is 1. The molecule has 2 aromatic rings. The van der Waals surface area contributed by atoms with Gasteiger partial charge in [0.05, 0.1) is 10.3 Å². The highest BCUT2D eigenvalue weighted by atomic mass is 35.5. The summed E-state index contributed by atoms with van der Waals surface area (Å²) in [5, 5.41) is 12.3. The highest BCUT2D eigenvalue weighted by molar-refractivity contribution is 6.20. The number of benzene rings is 1. The minimum Gasteiger partial charge on any atom is -0.264 e. The Morgan fingerprint density at radius 1 is 1.41 bits per heavy atom. The van der Waals surface area contributed by atoms with Gasteiger partial charge in [0.15, 0.2) is 0 Å². The zero-order valence-corrected chi connectivity index (χ0v) is 10.0. The molecule has 4 nitrogen and oxygen atoms in total. The van der Waals surface area contributed by atoms with Gasteiger partial charge in [0.1, 0.15) is 0 Å². The van der Waals surface area contributed by atoms with Crippen molar-refractivity contribution in [2.75, 3.05) is 0 Å². The van der Waals surface area contributed by atoms with Crippen molar-refractivity contribution in [3.8, 4) is 0 Å². The quantitative estimate of drug-likeness (QED) is 0.477. The first-order valence-corrected chi connectivity index (χ1v) is 5.67. The second-order valence-electron chi connectivity index (χ2n) is 3.91. The van der Waals surface area contributed by atoms with E-state index in [0.717, 1.165) is 10.9 Å². The molecule has 88 valence electrons. The van der Waals surface area contributed by atoms with Crippen LogP contribution < -0.4 is 0 Å². The first kappa shape index (κ1) is 11.8. The first-order chi connectivity index (χ1) is 8.09. The van der Waals surface area contributed by atoms with Gasteiger partial charge in [0.2, 0.25) is 0 Å². The molecule has 0 aliphatic carbocycles. The monoisotopic (exact) mass is 250 g/mol. The van der Waals surface area contributed by atoms with E-state index in [1.165, 1.54) is 12.3 Å². The van der Waals surface area contributed by atoms with Crippen LogP contribution in [-0.4, -0.2) is 15.3 Å². The summed E-state index contributed by atoms with van der Waals surface area (Å²) in [6, 6.07) is 5.06. The lowest BCUT2D eigenvalue weighted by Gasteiger charge is -2.07. The number of fused-ring (bicyclic) bond motifs is 1. The van der Waals surface area contributed by atoms with E-state index < -0.39 is 4.92 Å². The average molecular weight is 251 g/mol. The molecule has 1 atom stereocenters. The minimum atomic E-state index is -0.391. The number of hydrogen-bond donors (Lipinski definition) is 0. The van der Waals surface area contributed by atoms with E-state index in [1.807, 2.05) is 6.92 Å². The van der Waals surface area contributed by atoms with Crippen LogP contribution >= 0.6 is 11.6 Å². The van der Waals surface area contributed by atoms with Gasteiger partial charge in [-0.1, -0.05) is 6.07 Å². The topological polar surface area (TPSA) is 56.0 Å². The summed E-state index contributed by atoms with van der Waals surface area (Å²) in [6.07, 6.45) is 3.84. The van der Waals surface area contributed by atoms with Gasteiger partial charge < -0.3 is 0 Å². The van der Waals surface area contributed by atoms with Gasteiger partial charge >= 0.3 is 0 Å². The van der Waals surface area contributed by atoms with E-state index in [4.69, 9.17) is 11.6 Å². The van der Waals surface area contributed by atoms with Crippen molar-refractivity contribution in [3.05, 3.63) is 46.3 Å². The summed E-state index contributed by atoms with van der Waals surface area (Å²) >= 11 is 5.97. The number of hydrogen-bond acceptors (Lipinski definition) is 3. The van der Waals surface area contributed by atoms with Crippen molar-refractivity contribution < 1.29 is 4.92 Å². The van der Waals surface area contributed by atoms with E-state index in [9.17, 15) is 10.1 Å². The maximum atomic E-state index is 10.9. The SMILES string of the molecule is CC(Cl)Cc1ccc([N+](=O)[O-])c2cnccc12. The predicted molar refractivity (Wildman–Crippen MR) is 67.4 cm³/mol. The van der Waals surface area contributed by atoms with Crippen LogP contribution in [0.3, 0.4) is 0 Å². The molecule has 0 radical (unpaired) electrons. The minimum absolute atomic E-state index is 0.00665. The predicted octanol–water partition coefficient (Wildman–Crippen LogP) is 3.31. The van der Waals surface area contributed by atoms with Gasteiger partial charge in [-0.2, -0.15) is 0 Å². The summed E-state index contributed by atoms with van der Waals surface area (Å²) in [5.74, 6) is 0. The smallest absolute Gasteiger partial charge is 0.264 e. The number of aromatic nitrogens is 1. The Morgan fingerprint density at radius 2 is 2.18 bits per heavy atom. The molecule has 5 heteroatoms. The van der Waals surface area contributed by atoms with Crippen molar-refractivity contribution in [1.82, 2.24) is 4.98 Å². The highest BCUT2D eigenvalue weighted by Crippen LogP contribution is 2.28. The third-order valence-electron chi connectivity index (χ3n) is 2.58. The largest absolute Gasteiger partial charge is 0.278 e. The molecule has 0 amide bonds. The van der Waals surface area contributed by atoms with Gasteiger partial charge in [-0.25, -0.2) is 0 Å². The van der Waals surface area contributed by atoms with Crippen molar-refractivity contribution in [3.63, 3.8) is 0 Å². The normalized spacial score (nSPS) is 12.6. The molecular weight excluding hydrogens is 240 g/mol. The lowest BCUT2D eigenvalue weighted by molar-refractivity contribution is -0.383. The molecular formula is C12H11ClN2O2. The summed E-state index contributed by atoms with van der Waals surface area (Å²) in [5.41, 5.74) is 1.09. The zero-order valence-electron chi connectivity index (χ0n) is 9.26. The lowest BCUT2D eigenvalue weighted by atomic mass is 10.0. The fraction of sp³-hybridized carbons (Fsp3) is 0.250. The van der Waals surface area contributed by atoms with Gasteiger partial charge in [0.25, 0.3) is 5.69 Å². The molecule has 0 saturated heterocycles. The summed E-state index contributed by atoms with van der Waals surface area (Å²) in [4.78, 5) is 14.4. The van der Waals surface area contributed by atoms with Crippen molar-refractivity contribution >= 4 is 28.1 Å². The van der Waals surface area contributed by atoms with E-state index in [0.29, 0.717) is 11.8 Å². The van der Waals surface area contributed by atoms with Gasteiger partial charge in [0, 0.05) is 23.8 Å². The zero-order chi connectivity index (χ0) is 12.4. The van der Waals surface area contributed by atoms with Crippen molar-refractivity contribution in [1.29, 1.82) is 0 Å². The third kappa shape index (κ3) is 2.36. The van der Waals surface area contributed by atoms with Crippen LogP contribution in [0.15, 0.2) is 30.6 Å². The average Bonchev–Trinajstić information content (AvgIpc) is 2.28. The lowest BCUT2D eigenvalue weighted by Crippen LogP contribution is -1.99. The van der Waals surface area contributed by atoms with Gasteiger partial charge in [-0.3, -0.25) is 15.1 Å². The second-order valence-corrected chi connectivity index (χ2v) is 4.65. The van der Waals surface area contributed by atoms with Crippen molar-refractivity contribution in [2.24, 2.45) is 0 Å². The molecule has 17 heavy (non-hydrogen) atoms. The number of nitro benzene ring substituents is 1. The van der Waals surface area contributed by atoms with Crippen LogP contribution in [-0.2, 0) is 6.42 Å². The number of non-ortho nitro benzene ring substituents is 1. The highest BCUT2D eigenvalue weighted by Gasteiger charge is 2.14. The van der Waals surface area contributed by atoms with E-state index in [1.54, 1.807) is 18.3 Å². The second kappa shape index (κ2) is 4.67. The number of alkyl halides is 1. The Balaban J connectivity index is 2.66. The number of halogens is 1. The maximum Gasteiger partial charge on any atom is 0.278 e. The number of nitrogens with zero attached hydrogens (tertiary/aromatic N) is 2. The van der Waals surface area contributed by atoms with Crippen LogP contribution in [0.2, 0.25) is 0 Å². The molecule has 1 heterocycles.